The lowest BCUT2D eigenvalue weighted by atomic mass is 10.0. The van der Waals surface area contributed by atoms with E-state index in [1.165, 1.54) is 0 Å². The van der Waals surface area contributed by atoms with E-state index in [9.17, 15) is 9.90 Å². The molecule has 0 spiro atoms. The van der Waals surface area contributed by atoms with Crippen molar-refractivity contribution in [1.82, 2.24) is 5.32 Å². The summed E-state index contributed by atoms with van der Waals surface area (Å²) in [5.74, 6) is -0.860. The first kappa shape index (κ1) is 13.2. The molecule has 0 bridgehead atoms. The molecule has 0 aliphatic carbocycles. The molecule has 1 aromatic carbocycles. The molecule has 1 saturated heterocycles. The number of rotatable bonds is 2. The van der Waals surface area contributed by atoms with E-state index in [4.69, 9.17) is 0 Å². The van der Waals surface area contributed by atoms with Crippen LogP contribution >= 0.6 is 0 Å². The first-order valence-corrected chi connectivity index (χ1v) is 7.19. The Balaban J connectivity index is 2.07. The lowest BCUT2D eigenvalue weighted by molar-refractivity contribution is 0.0697. The summed E-state index contributed by atoms with van der Waals surface area (Å²) in [6, 6.07) is 6.32. The molecule has 2 N–H and O–H groups in total. The minimum atomic E-state index is -0.860. The molecule has 1 atom stereocenters. The number of piperazine rings is 1. The Morgan fingerprint density at radius 2 is 2.20 bits per heavy atom. The van der Waals surface area contributed by atoms with Gasteiger partial charge in [-0.15, -0.1) is 0 Å². The van der Waals surface area contributed by atoms with Crippen molar-refractivity contribution in [1.29, 1.82) is 0 Å². The lowest BCUT2D eigenvalue weighted by Gasteiger charge is -2.48. The molecule has 5 nitrogen and oxygen atoms in total. The predicted molar refractivity (Wildman–Crippen MR) is 79.9 cm³/mol. The standard InChI is InChI=1S/C15H21N3O2/c1-10(2)18-9-12-8-16-5-6-17(12)14-7-11(15(19)20)3-4-13(14)18/h3-4,7,10,12,16H,5-6,8-9H2,1-2H3,(H,19,20). The fourth-order valence-electron chi connectivity index (χ4n) is 3.18. The fourth-order valence-corrected chi connectivity index (χ4v) is 3.18. The highest BCUT2D eigenvalue weighted by Gasteiger charge is 2.33. The summed E-state index contributed by atoms with van der Waals surface area (Å²) < 4.78 is 0. The van der Waals surface area contributed by atoms with Crippen molar-refractivity contribution < 1.29 is 9.90 Å². The van der Waals surface area contributed by atoms with Crippen molar-refractivity contribution in [2.75, 3.05) is 36.0 Å². The van der Waals surface area contributed by atoms with E-state index < -0.39 is 5.97 Å². The van der Waals surface area contributed by atoms with Crippen LogP contribution in [0.2, 0.25) is 0 Å². The number of fused-ring (bicyclic) bond motifs is 3. The Kier molecular flexibility index (Phi) is 3.30. The molecule has 20 heavy (non-hydrogen) atoms. The van der Waals surface area contributed by atoms with Gasteiger partial charge in [-0.25, -0.2) is 4.79 Å². The Bertz CT molecular complexity index is 530. The van der Waals surface area contributed by atoms with Gasteiger partial charge in [0, 0.05) is 32.2 Å². The zero-order valence-electron chi connectivity index (χ0n) is 12.0. The normalized spacial score (nSPS) is 21.6. The Morgan fingerprint density at radius 1 is 1.40 bits per heavy atom. The first-order chi connectivity index (χ1) is 9.58. The molecule has 0 amide bonds. The fraction of sp³-hybridized carbons (Fsp3) is 0.533. The molecule has 3 rings (SSSR count). The minimum Gasteiger partial charge on any atom is -0.478 e. The van der Waals surface area contributed by atoms with Crippen LogP contribution in [0.1, 0.15) is 24.2 Å². The van der Waals surface area contributed by atoms with Crippen molar-refractivity contribution in [3.63, 3.8) is 0 Å². The number of carboxylic acid groups (broad SMARTS) is 1. The molecule has 108 valence electrons. The third-order valence-electron chi connectivity index (χ3n) is 4.22. The highest BCUT2D eigenvalue weighted by atomic mass is 16.4. The molecule has 5 heteroatoms. The van der Waals surface area contributed by atoms with Crippen LogP contribution in [0.25, 0.3) is 0 Å². The van der Waals surface area contributed by atoms with Gasteiger partial charge in [-0.3, -0.25) is 0 Å². The molecular formula is C15H21N3O2. The van der Waals surface area contributed by atoms with Crippen molar-refractivity contribution in [2.45, 2.75) is 25.9 Å². The number of hydrogen-bond acceptors (Lipinski definition) is 4. The van der Waals surface area contributed by atoms with Gasteiger partial charge in [-0.2, -0.15) is 0 Å². The van der Waals surface area contributed by atoms with E-state index in [0.29, 0.717) is 17.6 Å². The number of anilines is 2. The Morgan fingerprint density at radius 3 is 2.90 bits per heavy atom. The summed E-state index contributed by atoms with van der Waals surface area (Å²) in [6.07, 6.45) is 0. The van der Waals surface area contributed by atoms with E-state index >= 15 is 0 Å². The Hall–Kier alpha value is -1.75. The van der Waals surface area contributed by atoms with E-state index in [0.717, 1.165) is 37.6 Å². The Labute approximate surface area is 119 Å². The second kappa shape index (κ2) is 4.98. The van der Waals surface area contributed by atoms with Crippen LogP contribution in [0, 0.1) is 0 Å². The smallest absolute Gasteiger partial charge is 0.335 e. The molecule has 0 aromatic heterocycles. The van der Waals surface area contributed by atoms with Crippen LogP contribution < -0.4 is 15.1 Å². The van der Waals surface area contributed by atoms with E-state index in [-0.39, 0.29) is 0 Å². The van der Waals surface area contributed by atoms with E-state index in [1.54, 1.807) is 6.07 Å². The molecule has 1 aromatic rings. The topological polar surface area (TPSA) is 55.8 Å². The van der Waals surface area contributed by atoms with Gasteiger partial charge in [-0.05, 0) is 32.0 Å². The summed E-state index contributed by atoms with van der Waals surface area (Å²) >= 11 is 0. The second-order valence-corrected chi connectivity index (χ2v) is 5.81. The van der Waals surface area contributed by atoms with E-state index in [1.807, 2.05) is 12.1 Å². The molecule has 1 fully saturated rings. The number of nitrogens with one attached hydrogen (secondary N) is 1. The van der Waals surface area contributed by atoms with Crippen LogP contribution in [0.5, 0.6) is 0 Å². The molecule has 0 radical (unpaired) electrons. The van der Waals surface area contributed by atoms with Crippen LogP contribution in [0.15, 0.2) is 18.2 Å². The molecular weight excluding hydrogens is 254 g/mol. The van der Waals surface area contributed by atoms with Gasteiger partial charge in [0.2, 0.25) is 0 Å². The zero-order valence-corrected chi connectivity index (χ0v) is 12.0. The van der Waals surface area contributed by atoms with Crippen LogP contribution in [0.4, 0.5) is 11.4 Å². The number of aromatic carboxylic acids is 1. The molecule has 2 heterocycles. The lowest BCUT2D eigenvalue weighted by Crippen LogP contribution is -2.59. The van der Waals surface area contributed by atoms with E-state index in [2.05, 4.69) is 29.0 Å². The van der Waals surface area contributed by atoms with Gasteiger partial charge in [-0.1, -0.05) is 0 Å². The number of carbonyl (C=O) groups is 1. The first-order valence-electron chi connectivity index (χ1n) is 7.19. The van der Waals surface area contributed by atoms with Crippen molar-refractivity contribution in [2.24, 2.45) is 0 Å². The SMILES string of the molecule is CC(C)N1CC2CNCCN2c2cc(C(=O)O)ccc21. The van der Waals surface area contributed by atoms with Crippen molar-refractivity contribution in [3.8, 4) is 0 Å². The summed E-state index contributed by atoms with van der Waals surface area (Å²) in [5.41, 5.74) is 2.59. The summed E-state index contributed by atoms with van der Waals surface area (Å²) in [7, 11) is 0. The van der Waals surface area contributed by atoms with Crippen molar-refractivity contribution >= 4 is 17.3 Å². The van der Waals surface area contributed by atoms with Crippen molar-refractivity contribution in [3.05, 3.63) is 23.8 Å². The number of hydrogen-bond donors (Lipinski definition) is 2. The highest BCUT2D eigenvalue weighted by Crippen LogP contribution is 2.37. The maximum Gasteiger partial charge on any atom is 0.335 e. The third-order valence-corrected chi connectivity index (χ3v) is 4.22. The van der Waals surface area contributed by atoms with Gasteiger partial charge in [0.1, 0.15) is 0 Å². The summed E-state index contributed by atoms with van der Waals surface area (Å²) in [5, 5.41) is 12.6. The molecule has 1 unspecified atom stereocenters. The summed E-state index contributed by atoms with van der Waals surface area (Å²) in [4.78, 5) is 15.9. The van der Waals surface area contributed by atoms with Gasteiger partial charge < -0.3 is 20.2 Å². The van der Waals surface area contributed by atoms with Gasteiger partial charge >= 0.3 is 5.97 Å². The second-order valence-electron chi connectivity index (χ2n) is 5.81. The van der Waals surface area contributed by atoms with Crippen LogP contribution in [-0.4, -0.2) is 49.3 Å². The molecule has 2 aliphatic rings. The minimum absolute atomic E-state index is 0.367. The molecule has 2 aliphatic heterocycles. The van der Waals surface area contributed by atoms with Crippen LogP contribution in [0.3, 0.4) is 0 Å². The number of nitrogens with zero attached hydrogens (tertiary/aromatic N) is 2. The maximum absolute atomic E-state index is 11.2. The average Bonchev–Trinajstić information content (AvgIpc) is 2.45. The average molecular weight is 275 g/mol. The zero-order chi connectivity index (χ0) is 14.3. The quantitative estimate of drug-likeness (QED) is 0.854. The van der Waals surface area contributed by atoms with Gasteiger partial charge in [0.15, 0.2) is 0 Å². The predicted octanol–water partition coefficient (Wildman–Crippen LogP) is 1.39. The largest absolute Gasteiger partial charge is 0.478 e. The summed E-state index contributed by atoms with van der Waals surface area (Å²) in [6.45, 7) is 8.20. The third kappa shape index (κ3) is 2.12. The maximum atomic E-state index is 11.2. The van der Waals surface area contributed by atoms with Gasteiger partial charge in [0.05, 0.1) is 23.0 Å². The van der Waals surface area contributed by atoms with Crippen LogP contribution in [-0.2, 0) is 0 Å². The number of benzene rings is 1. The highest BCUT2D eigenvalue weighted by molar-refractivity contribution is 5.91. The number of carboxylic acids is 1. The molecule has 0 saturated carbocycles. The van der Waals surface area contributed by atoms with Gasteiger partial charge in [0.25, 0.3) is 0 Å². The monoisotopic (exact) mass is 275 g/mol.